The van der Waals surface area contributed by atoms with Crippen LogP contribution in [0.25, 0.3) is 10.8 Å². The fourth-order valence-electron chi connectivity index (χ4n) is 2.84. The van der Waals surface area contributed by atoms with Crippen molar-refractivity contribution >= 4 is 87.7 Å². The molecule has 178 valence electrons. The number of benzene rings is 3. The molecule has 0 radical (unpaired) electrons. The Balaban J connectivity index is 1.48. The van der Waals surface area contributed by atoms with Gasteiger partial charge in [0.2, 0.25) is 0 Å². The first kappa shape index (κ1) is 26.4. The van der Waals surface area contributed by atoms with Crippen LogP contribution >= 0.6 is 60.0 Å². The van der Waals surface area contributed by atoms with E-state index in [9.17, 15) is 9.59 Å². The molecule has 3 rings (SSSR count). The van der Waals surface area contributed by atoms with E-state index < -0.39 is 11.8 Å². The molecule has 3 aromatic carbocycles. The SMILES string of the molecule is CCCOc1ccc(C(=O)NC(=S)NNC(=O)COc2ccc3cc(Br)ccc3c2Br)cc1Br. The molecule has 2 amide bonds. The molecule has 0 aromatic heterocycles. The summed E-state index contributed by atoms with van der Waals surface area (Å²) >= 11 is 15.4. The zero-order chi connectivity index (χ0) is 24.7. The molecular formula is C23H20Br3N3O4S. The van der Waals surface area contributed by atoms with Crippen LogP contribution in [-0.2, 0) is 4.79 Å². The zero-order valence-corrected chi connectivity index (χ0v) is 23.5. The summed E-state index contributed by atoms with van der Waals surface area (Å²) < 4.78 is 13.6. The van der Waals surface area contributed by atoms with Gasteiger partial charge in [-0.3, -0.25) is 25.8 Å². The van der Waals surface area contributed by atoms with Crippen LogP contribution in [0.4, 0.5) is 0 Å². The summed E-state index contributed by atoms with van der Waals surface area (Å²) in [5, 5.41) is 4.43. The summed E-state index contributed by atoms with van der Waals surface area (Å²) in [5.41, 5.74) is 5.26. The Labute approximate surface area is 227 Å². The van der Waals surface area contributed by atoms with E-state index in [-0.39, 0.29) is 11.7 Å². The first-order valence-electron chi connectivity index (χ1n) is 10.1. The highest BCUT2D eigenvalue weighted by Gasteiger charge is 2.13. The quantitative estimate of drug-likeness (QED) is 0.223. The van der Waals surface area contributed by atoms with Crippen molar-refractivity contribution in [3.8, 4) is 11.5 Å². The van der Waals surface area contributed by atoms with Crippen molar-refractivity contribution in [1.29, 1.82) is 0 Å². The van der Waals surface area contributed by atoms with Crippen LogP contribution in [0, 0.1) is 0 Å². The monoisotopic (exact) mass is 671 g/mol. The summed E-state index contributed by atoms with van der Waals surface area (Å²) in [5.74, 6) is 0.270. The molecular weight excluding hydrogens is 654 g/mol. The molecule has 0 saturated carbocycles. The lowest BCUT2D eigenvalue weighted by atomic mass is 10.1. The number of fused-ring (bicyclic) bond motifs is 1. The molecule has 0 spiro atoms. The van der Waals surface area contributed by atoms with E-state index in [4.69, 9.17) is 21.7 Å². The van der Waals surface area contributed by atoms with Gasteiger partial charge in [0, 0.05) is 10.0 Å². The number of rotatable bonds is 7. The van der Waals surface area contributed by atoms with Crippen molar-refractivity contribution in [3.05, 3.63) is 67.5 Å². The van der Waals surface area contributed by atoms with Crippen molar-refractivity contribution in [1.82, 2.24) is 16.2 Å². The third-order valence-corrected chi connectivity index (χ3v) is 6.57. The molecule has 11 heteroatoms. The van der Waals surface area contributed by atoms with Gasteiger partial charge in [0.15, 0.2) is 11.7 Å². The lowest BCUT2D eigenvalue weighted by molar-refractivity contribution is -0.123. The highest BCUT2D eigenvalue weighted by molar-refractivity contribution is 9.11. The average molecular weight is 674 g/mol. The zero-order valence-electron chi connectivity index (χ0n) is 17.9. The Kier molecular flexibility index (Phi) is 9.69. The Morgan fingerprint density at radius 2 is 1.71 bits per heavy atom. The van der Waals surface area contributed by atoms with Crippen molar-refractivity contribution in [2.75, 3.05) is 13.2 Å². The average Bonchev–Trinajstić information content (AvgIpc) is 2.81. The third kappa shape index (κ3) is 7.14. The predicted octanol–water partition coefficient (Wildman–Crippen LogP) is 5.63. The van der Waals surface area contributed by atoms with Crippen molar-refractivity contribution in [3.63, 3.8) is 0 Å². The number of carbonyl (C=O) groups is 2. The molecule has 0 saturated heterocycles. The number of hydrogen-bond donors (Lipinski definition) is 3. The Bertz CT molecular complexity index is 1240. The summed E-state index contributed by atoms with van der Waals surface area (Å²) in [7, 11) is 0. The van der Waals surface area contributed by atoms with Crippen LogP contribution in [0.15, 0.2) is 61.9 Å². The fraction of sp³-hybridized carbons (Fsp3) is 0.174. The molecule has 0 bridgehead atoms. The lowest BCUT2D eigenvalue weighted by Gasteiger charge is -2.13. The summed E-state index contributed by atoms with van der Waals surface area (Å²) in [4.78, 5) is 24.6. The van der Waals surface area contributed by atoms with Crippen molar-refractivity contribution < 1.29 is 19.1 Å². The standard InChI is InChI=1S/C23H20Br3N3O4S/c1-2-9-32-18-7-4-14(11-17(18)25)22(31)27-23(34)29-28-20(30)12-33-19-8-3-13-10-15(24)5-6-16(13)21(19)26/h3-8,10-11H,2,9,12H2,1H3,(H,28,30)(H2,27,29,31,34). The number of carbonyl (C=O) groups excluding carboxylic acids is 2. The Hall–Kier alpha value is -2.21. The molecule has 0 atom stereocenters. The molecule has 3 N–H and O–H groups in total. The van der Waals surface area contributed by atoms with E-state index in [1.54, 1.807) is 24.3 Å². The predicted molar refractivity (Wildman–Crippen MR) is 146 cm³/mol. The smallest absolute Gasteiger partial charge is 0.276 e. The van der Waals surface area contributed by atoms with Crippen molar-refractivity contribution in [2.24, 2.45) is 0 Å². The topological polar surface area (TPSA) is 88.7 Å². The molecule has 0 aliphatic rings. The summed E-state index contributed by atoms with van der Waals surface area (Å²) in [6.45, 7) is 2.34. The number of thiocarbonyl (C=S) groups is 1. The molecule has 3 aromatic rings. The second kappa shape index (κ2) is 12.5. The van der Waals surface area contributed by atoms with Gasteiger partial charge < -0.3 is 9.47 Å². The highest BCUT2D eigenvalue weighted by atomic mass is 79.9. The van der Waals surface area contributed by atoms with Gasteiger partial charge in [0.25, 0.3) is 11.8 Å². The Morgan fingerprint density at radius 1 is 0.941 bits per heavy atom. The molecule has 7 nitrogen and oxygen atoms in total. The molecule has 0 unspecified atom stereocenters. The van der Waals surface area contributed by atoms with Crippen LogP contribution in [0.1, 0.15) is 23.7 Å². The fourth-order valence-corrected chi connectivity index (χ4v) is 4.46. The van der Waals surface area contributed by atoms with Crippen LogP contribution in [0.5, 0.6) is 11.5 Å². The number of hydrogen-bond acceptors (Lipinski definition) is 5. The second-order valence-corrected chi connectivity index (χ2v) is 9.95. The number of hydrazine groups is 1. The van der Waals surface area contributed by atoms with Gasteiger partial charge in [-0.25, -0.2) is 0 Å². The van der Waals surface area contributed by atoms with Gasteiger partial charge in [-0.05, 0) is 97.7 Å². The van der Waals surface area contributed by atoms with Crippen LogP contribution in [0.3, 0.4) is 0 Å². The molecule has 0 aliphatic heterocycles. The number of nitrogens with one attached hydrogen (secondary N) is 3. The van der Waals surface area contributed by atoms with E-state index in [2.05, 4.69) is 64.0 Å². The normalized spacial score (nSPS) is 10.5. The van der Waals surface area contributed by atoms with E-state index >= 15 is 0 Å². The summed E-state index contributed by atoms with van der Waals surface area (Å²) in [6.07, 6.45) is 0.878. The maximum absolute atomic E-state index is 12.4. The van der Waals surface area contributed by atoms with Gasteiger partial charge in [-0.2, -0.15) is 0 Å². The maximum atomic E-state index is 12.4. The third-order valence-electron chi connectivity index (χ3n) is 4.44. The minimum atomic E-state index is -0.473. The van der Waals surface area contributed by atoms with E-state index in [1.807, 2.05) is 31.2 Å². The van der Waals surface area contributed by atoms with Gasteiger partial charge in [-0.15, -0.1) is 0 Å². The van der Waals surface area contributed by atoms with E-state index in [0.717, 1.165) is 26.1 Å². The molecule has 0 aliphatic carbocycles. The summed E-state index contributed by atoms with van der Waals surface area (Å²) in [6, 6.07) is 14.5. The first-order chi connectivity index (χ1) is 16.3. The van der Waals surface area contributed by atoms with E-state index in [0.29, 0.717) is 28.1 Å². The Morgan fingerprint density at radius 3 is 2.44 bits per heavy atom. The molecule has 0 heterocycles. The maximum Gasteiger partial charge on any atom is 0.276 e. The highest BCUT2D eigenvalue weighted by Crippen LogP contribution is 2.34. The van der Waals surface area contributed by atoms with Crippen LogP contribution in [0.2, 0.25) is 0 Å². The van der Waals surface area contributed by atoms with Crippen molar-refractivity contribution in [2.45, 2.75) is 13.3 Å². The minimum Gasteiger partial charge on any atom is -0.492 e. The molecule has 0 fully saturated rings. The van der Waals surface area contributed by atoms with E-state index in [1.165, 1.54) is 0 Å². The second-order valence-electron chi connectivity index (χ2n) is 6.98. The van der Waals surface area contributed by atoms with Crippen LogP contribution < -0.4 is 25.6 Å². The van der Waals surface area contributed by atoms with Gasteiger partial charge in [-0.1, -0.05) is 35.0 Å². The first-order valence-corrected chi connectivity index (χ1v) is 12.9. The largest absolute Gasteiger partial charge is 0.492 e. The molecule has 34 heavy (non-hydrogen) atoms. The van der Waals surface area contributed by atoms with Gasteiger partial charge in [0.1, 0.15) is 11.5 Å². The van der Waals surface area contributed by atoms with Gasteiger partial charge >= 0.3 is 0 Å². The number of ether oxygens (including phenoxy) is 2. The number of halogens is 3. The number of amides is 2. The minimum absolute atomic E-state index is 0.0572. The van der Waals surface area contributed by atoms with Crippen LogP contribution in [-0.4, -0.2) is 30.1 Å². The van der Waals surface area contributed by atoms with Gasteiger partial charge in [0.05, 0.1) is 15.6 Å². The lowest BCUT2D eigenvalue weighted by Crippen LogP contribution is -2.49.